The number of amides is 2. The van der Waals surface area contributed by atoms with Crippen LogP contribution in [0.2, 0.25) is 0 Å². The predicted octanol–water partition coefficient (Wildman–Crippen LogP) is 0.423. The number of rotatable bonds is 4. The predicted molar refractivity (Wildman–Crippen MR) is 93.1 cm³/mol. The van der Waals surface area contributed by atoms with Crippen molar-refractivity contribution in [3.63, 3.8) is 0 Å². The molecule has 1 aliphatic heterocycles. The van der Waals surface area contributed by atoms with Crippen molar-refractivity contribution in [2.24, 2.45) is 5.73 Å². The van der Waals surface area contributed by atoms with Crippen molar-refractivity contribution in [1.29, 1.82) is 0 Å². The van der Waals surface area contributed by atoms with E-state index < -0.39 is 0 Å². The number of hydrogen-bond donors (Lipinski definition) is 1. The molecular formula is C17H22N6O2. The molecule has 2 amide bonds. The number of piperazine rings is 1. The number of nitrogens with zero attached hydrogens (tertiary/aromatic N) is 5. The molecule has 1 aromatic heterocycles. The van der Waals surface area contributed by atoms with Gasteiger partial charge in [-0.25, -0.2) is 0 Å². The molecular weight excluding hydrogens is 320 g/mol. The molecule has 0 unspecified atom stereocenters. The Morgan fingerprint density at radius 3 is 2.72 bits per heavy atom. The van der Waals surface area contributed by atoms with Gasteiger partial charge in [0, 0.05) is 24.8 Å². The van der Waals surface area contributed by atoms with Crippen LogP contribution in [0.3, 0.4) is 0 Å². The maximum atomic E-state index is 12.7. The first kappa shape index (κ1) is 17.1. The van der Waals surface area contributed by atoms with Crippen molar-refractivity contribution in [3.05, 3.63) is 41.7 Å². The first-order chi connectivity index (χ1) is 12.0. The fourth-order valence-corrected chi connectivity index (χ4v) is 2.88. The van der Waals surface area contributed by atoms with Crippen LogP contribution >= 0.6 is 0 Å². The Balaban J connectivity index is 1.74. The molecule has 132 valence electrons. The second kappa shape index (κ2) is 7.02. The Morgan fingerprint density at radius 2 is 2.04 bits per heavy atom. The molecule has 1 aromatic carbocycles. The number of carbonyl (C=O) groups is 2. The summed E-state index contributed by atoms with van der Waals surface area (Å²) < 4.78 is 1.53. The van der Waals surface area contributed by atoms with Gasteiger partial charge in [-0.05, 0) is 26.0 Å². The summed E-state index contributed by atoms with van der Waals surface area (Å²) in [6.07, 6.45) is 1.57. The van der Waals surface area contributed by atoms with Gasteiger partial charge in [0.1, 0.15) is 6.54 Å². The highest BCUT2D eigenvalue weighted by atomic mass is 16.2. The molecule has 8 nitrogen and oxygen atoms in total. The van der Waals surface area contributed by atoms with E-state index in [2.05, 4.69) is 10.3 Å². The summed E-state index contributed by atoms with van der Waals surface area (Å²) in [5.74, 6) is -0.391. The smallest absolute Gasteiger partial charge is 0.276 e. The quantitative estimate of drug-likeness (QED) is 0.869. The highest BCUT2D eigenvalue weighted by Gasteiger charge is 2.34. The van der Waals surface area contributed by atoms with Crippen molar-refractivity contribution in [2.75, 3.05) is 24.5 Å². The SMILES string of the molecule is Cc1ccc(N2C[C@H](C)N(C(=O)c3cn(CCN)nn3)CC2=O)cc1. The average molecular weight is 342 g/mol. The molecule has 0 spiro atoms. The minimum atomic E-state index is -0.285. The van der Waals surface area contributed by atoms with Crippen molar-refractivity contribution >= 4 is 17.5 Å². The van der Waals surface area contributed by atoms with Crippen LogP contribution in [0.4, 0.5) is 5.69 Å². The minimum Gasteiger partial charge on any atom is -0.329 e. The van der Waals surface area contributed by atoms with Crippen LogP contribution in [0.15, 0.2) is 30.5 Å². The van der Waals surface area contributed by atoms with Gasteiger partial charge in [-0.15, -0.1) is 5.10 Å². The van der Waals surface area contributed by atoms with E-state index in [0.29, 0.717) is 19.6 Å². The van der Waals surface area contributed by atoms with Crippen molar-refractivity contribution in [2.45, 2.75) is 26.4 Å². The van der Waals surface area contributed by atoms with E-state index >= 15 is 0 Å². The lowest BCUT2D eigenvalue weighted by atomic mass is 10.1. The minimum absolute atomic E-state index is 0.0254. The van der Waals surface area contributed by atoms with Crippen LogP contribution in [-0.2, 0) is 11.3 Å². The van der Waals surface area contributed by atoms with E-state index in [9.17, 15) is 9.59 Å². The highest BCUT2D eigenvalue weighted by Crippen LogP contribution is 2.21. The summed E-state index contributed by atoms with van der Waals surface area (Å²) in [4.78, 5) is 28.5. The highest BCUT2D eigenvalue weighted by molar-refractivity contribution is 6.01. The van der Waals surface area contributed by atoms with Crippen molar-refractivity contribution < 1.29 is 9.59 Å². The maximum Gasteiger partial charge on any atom is 0.276 e. The van der Waals surface area contributed by atoms with Gasteiger partial charge in [0.15, 0.2) is 5.69 Å². The first-order valence-electron chi connectivity index (χ1n) is 8.28. The van der Waals surface area contributed by atoms with E-state index in [1.54, 1.807) is 16.0 Å². The molecule has 1 saturated heterocycles. The van der Waals surface area contributed by atoms with Gasteiger partial charge in [0.2, 0.25) is 5.91 Å². The number of nitrogens with two attached hydrogens (primary N) is 1. The lowest BCUT2D eigenvalue weighted by Gasteiger charge is -2.39. The van der Waals surface area contributed by atoms with E-state index in [4.69, 9.17) is 5.73 Å². The van der Waals surface area contributed by atoms with Gasteiger partial charge in [0.05, 0.1) is 12.7 Å². The third kappa shape index (κ3) is 3.53. The Hall–Kier alpha value is -2.74. The van der Waals surface area contributed by atoms with Crippen LogP contribution in [0.25, 0.3) is 0 Å². The summed E-state index contributed by atoms with van der Waals surface area (Å²) in [5.41, 5.74) is 7.70. The monoisotopic (exact) mass is 342 g/mol. The second-order valence-corrected chi connectivity index (χ2v) is 6.28. The second-order valence-electron chi connectivity index (χ2n) is 6.28. The number of aryl methyl sites for hydroxylation is 1. The molecule has 0 saturated carbocycles. The molecule has 1 fully saturated rings. The number of hydrogen-bond acceptors (Lipinski definition) is 5. The van der Waals surface area contributed by atoms with Gasteiger partial charge in [-0.3, -0.25) is 14.3 Å². The zero-order valence-corrected chi connectivity index (χ0v) is 14.4. The lowest BCUT2D eigenvalue weighted by molar-refractivity contribution is -0.121. The Kier molecular flexibility index (Phi) is 4.80. The van der Waals surface area contributed by atoms with Crippen molar-refractivity contribution in [1.82, 2.24) is 19.9 Å². The van der Waals surface area contributed by atoms with Gasteiger partial charge >= 0.3 is 0 Å². The first-order valence-corrected chi connectivity index (χ1v) is 8.28. The van der Waals surface area contributed by atoms with E-state index in [0.717, 1.165) is 11.3 Å². The molecule has 2 aromatic rings. The molecule has 0 radical (unpaired) electrons. The summed E-state index contributed by atoms with van der Waals surface area (Å²) in [5, 5.41) is 7.78. The zero-order chi connectivity index (χ0) is 18.0. The Bertz CT molecular complexity index is 770. The van der Waals surface area contributed by atoms with Gasteiger partial charge in [-0.2, -0.15) is 0 Å². The standard InChI is InChI=1S/C17H22N6O2/c1-12-3-5-14(6-4-12)23-9-13(2)22(11-16(23)24)17(25)15-10-21(8-7-18)20-19-15/h3-6,10,13H,7-9,11,18H2,1-2H3/t13-/m0/s1. The normalized spacial score (nSPS) is 17.9. The van der Waals surface area contributed by atoms with Crippen LogP contribution in [0, 0.1) is 6.92 Å². The van der Waals surface area contributed by atoms with Crippen LogP contribution < -0.4 is 10.6 Å². The van der Waals surface area contributed by atoms with Gasteiger partial charge in [-0.1, -0.05) is 22.9 Å². The molecule has 2 N–H and O–H groups in total. The fourth-order valence-electron chi connectivity index (χ4n) is 2.88. The van der Waals surface area contributed by atoms with E-state index in [1.807, 2.05) is 38.1 Å². The van der Waals surface area contributed by atoms with Crippen LogP contribution in [0.1, 0.15) is 23.0 Å². The van der Waals surface area contributed by atoms with Gasteiger partial charge in [0.25, 0.3) is 5.91 Å². The van der Waals surface area contributed by atoms with Crippen molar-refractivity contribution in [3.8, 4) is 0 Å². The summed E-state index contributed by atoms with van der Waals surface area (Å²) in [6.45, 7) is 5.32. The summed E-state index contributed by atoms with van der Waals surface area (Å²) >= 11 is 0. The zero-order valence-electron chi connectivity index (χ0n) is 14.4. The Labute approximate surface area is 146 Å². The Morgan fingerprint density at radius 1 is 1.32 bits per heavy atom. The molecule has 1 aliphatic rings. The van der Waals surface area contributed by atoms with E-state index in [-0.39, 0.29) is 30.1 Å². The van der Waals surface area contributed by atoms with Crippen LogP contribution in [0.5, 0.6) is 0 Å². The van der Waals surface area contributed by atoms with Crippen LogP contribution in [-0.4, -0.2) is 57.4 Å². The topological polar surface area (TPSA) is 97.3 Å². The molecule has 1 atom stereocenters. The third-order valence-electron chi connectivity index (χ3n) is 4.31. The number of benzene rings is 1. The molecule has 2 heterocycles. The molecule has 0 aliphatic carbocycles. The maximum absolute atomic E-state index is 12.7. The number of anilines is 1. The molecule has 25 heavy (non-hydrogen) atoms. The lowest BCUT2D eigenvalue weighted by Crippen LogP contribution is -2.57. The summed E-state index contributed by atoms with van der Waals surface area (Å²) in [6, 6.07) is 7.68. The number of carbonyl (C=O) groups excluding carboxylic acids is 2. The third-order valence-corrected chi connectivity index (χ3v) is 4.31. The van der Waals surface area contributed by atoms with E-state index in [1.165, 1.54) is 4.68 Å². The number of aromatic nitrogens is 3. The molecule has 8 heteroatoms. The molecule has 3 rings (SSSR count). The summed E-state index contributed by atoms with van der Waals surface area (Å²) in [7, 11) is 0. The molecule has 0 bridgehead atoms. The van der Waals surface area contributed by atoms with Gasteiger partial charge < -0.3 is 15.5 Å². The average Bonchev–Trinajstić information content (AvgIpc) is 3.06. The largest absolute Gasteiger partial charge is 0.329 e. The fraction of sp³-hybridized carbons (Fsp3) is 0.412.